The lowest BCUT2D eigenvalue weighted by molar-refractivity contribution is -0.0577. The summed E-state index contributed by atoms with van der Waals surface area (Å²) in [4.78, 5) is 2.09. The second-order valence-electron chi connectivity index (χ2n) is 9.48. The van der Waals surface area contributed by atoms with Crippen molar-refractivity contribution in [2.24, 2.45) is 0 Å². The lowest BCUT2D eigenvalue weighted by Crippen LogP contribution is -2.38. The number of nitrogens with zero attached hydrogens (tertiary/aromatic N) is 3. The predicted octanol–water partition coefficient (Wildman–Crippen LogP) is 4.74. The van der Waals surface area contributed by atoms with Crippen LogP contribution in [-0.2, 0) is 16.0 Å². The molecule has 0 fully saturated rings. The minimum absolute atomic E-state index is 0.230. The van der Waals surface area contributed by atoms with Crippen LogP contribution in [0.15, 0.2) is 54.6 Å². The maximum atomic E-state index is 13.5. The highest BCUT2D eigenvalue weighted by molar-refractivity contribution is 5.43. The quantitative estimate of drug-likeness (QED) is 0.400. The Kier molecular flexibility index (Phi) is 9.40. The fourth-order valence-corrected chi connectivity index (χ4v) is 3.56. The van der Waals surface area contributed by atoms with Gasteiger partial charge in [-0.05, 0) is 64.1 Å². The average Bonchev–Trinajstić information content (AvgIpc) is 3.12. The summed E-state index contributed by atoms with van der Waals surface area (Å²) < 4.78 is 32.6. The first-order valence-corrected chi connectivity index (χ1v) is 11.8. The molecule has 35 heavy (non-hydrogen) atoms. The minimum atomic E-state index is -0.669. The van der Waals surface area contributed by atoms with E-state index in [1.54, 1.807) is 23.9 Å². The Balaban J connectivity index is 1.91. The minimum Gasteiger partial charge on any atom is -0.439 e. The van der Waals surface area contributed by atoms with E-state index in [9.17, 15) is 9.50 Å². The van der Waals surface area contributed by atoms with Crippen LogP contribution in [0.1, 0.15) is 32.0 Å². The van der Waals surface area contributed by atoms with Gasteiger partial charge in [-0.2, -0.15) is 5.10 Å². The van der Waals surface area contributed by atoms with Gasteiger partial charge in [0.25, 0.3) is 0 Å². The summed E-state index contributed by atoms with van der Waals surface area (Å²) in [5.41, 5.74) is 2.19. The largest absolute Gasteiger partial charge is 0.439 e. The average molecular weight is 486 g/mol. The van der Waals surface area contributed by atoms with Gasteiger partial charge < -0.3 is 19.3 Å². The Morgan fingerprint density at radius 3 is 2.40 bits per heavy atom. The maximum absolute atomic E-state index is 13.5. The molecule has 1 N–H and O–H groups in total. The molecule has 0 saturated heterocycles. The summed E-state index contributed by atoms with van der Waals surface area (Å²) in [6.45, 7) is 10.0. The van der Waals surface area contributed by atoms with Crippen molar-refractivity contribution in [2.75, 3.05) is 33.4 Å². The van der Waals surface area contributed by atoms with Crippen LogP contribution in [0.2, 0.25) is 0 Å². The Bertz CT molecular complexity index is 1050. The van der Waals surface area contributed by atoms with E-state index in [1.807, 2.05) is 58.0 Å². The number of hydrogen-bond donors (Lipinski definition) is 1. The Labute approximate surface area is 207 Å². The summed E-state index contributed by atoms with van der Waals surface area (Å²) >= 11 is 0. The molecule has 0 aliphatic heterocycles. The van der Waals surface area contributed by atoms with Gasteiger partial charge in [0, 0.05) is 26.7 Å². The highest BCUT2D eigenvalue weighted by Gasteiger charge is 2.23. The highest BCUT2D eigenvalue weighted by atomic mass is 19.1. The smallest absolute Gasteiger partial charge is 0.227 e. The molecule has 7 nitrogen and oxygen atoms in total. The second kappa shape index (κ2) is 12.3. The number of rotatable bonds is 12. The zero-order valence-electron chi connectivity index (χ0n) is 21.2. The molecule has 0 radical (unpaired) electrons. The van der Waals surface area contributed by atoms with Crippen LogP contribution in [0.5, 0.6) is 11.6 Å². The van der Waals surface area contributed by atoms with Gasteiger partial charge in [-0.25, -0.2) is 9.07 Å². The monoisotopic (exact) mass is 485 g/mol. The number of methoxy groups -OCH3 is 1. The SMILES string of the molecule is COCCN(Cc1c(C)nn(-c2ccccc2)c1Oc1ccc(F)cc1)CC(O)COC(C)(C)C. The van der Waals surface area contributed by atoms with Gasteiger partial charge in [0.15, 0.2) is 0 Å². The van der Waals surface area contributed by atoms with Crippen LogP contribution in [0.4, 0.5) is 4.39 Å². The first kappa shape index (κ1) is 26.8. The number of benzene rings is 2. The van der Waals surface area contributed by atoms with Crippen molar-refractivity contribution in [3.63, 3.8) is 0 Å². The van der Waals surface area contributed by atoms with E-state index < -0.39 is 6.10 Å². The number of aromatic nitrogens is 2. The van der Waals surface area contributed by atoms with Crippen LogP contribution < -0.4 is 4.74 Å². The molecule has 1 unspecified atom stereocenters. The molecule has 3 rings (SSSR count). The Hall–Kier alpha value is -2.78. The molecule has 8 heteroatoms. The fraction of sp³-hybridized carbons (Fsp3) is 0.444. The lowest BCUT2D eigenvalue weighted by Gasteiger charge is -2.27. The maximum Gasteiger partial charge on any atom is 0.227 e. The zero-order valence-corrected chi connectivity index (χ0v) is 21.2. The summed E-state index contributed by atoms with van der Waals surface area (Å²) in [6, 6.07) is 15.6. The Morgan fingerprint density at radius 1 is 1.09 bits per heavy atom. The molecule has 0 aliphatic rings. The molecule has 0 amide bonds. The molecule has 0 spiro atoms. The molecular weight excluding hydrogens is 449 g/mol. The summed E-state index contributed by atoms with van der Waals surface area (Å²) in [5.74, 6) is 0.720. The lowest BCUT2D eigenvalue weighted by atomic mass is 10.2. The zero-order chi connectivity index (χ0) is 25.4. The number of aliphatic hydroxyl groups is 1. The van der Waals surface area contributed by atoms with Gasteiger partial charge in [-0.1, -0.05) is 18.2 Å². The molecule has 3 aromatic rings. The second-order valence-corrected chi connectivity index (χ2v) is 9.48. The topological polar surface area (TPSA) is 69.0 Å². The van der Waals surface area contributed by atoms with Crippen LogP contribution >= 0.6 is 0 Å². The van der Waals surface area contributed by atoms with Crippen molar-refractivity contribution in [3.8, 4) is 17.3 Å². The van der Waals surface area contributed by atoms with Gasteiger partial charge >= 0.3 is 0 Å². The van der Waals surface area contributed by atoms with Gasteiger partial charge in [0.05, 0.1) is 41.9 Å². The van der Waals surface area contributed by atoms with E-state index in [4.69, 9.17) is 19.3 Å². The van der Waals surface area contributed by atoms with Crippen molar-refractivity contribution in [2.45, 2.75) is 45.9 Å². The molecule has 1 atom stereocenters. The van der Waals surface area contributed by atoms with E-state index in [2.05, 4.69) is 4.90 Å². The number of hydrogen-bond acceptors (Lipinski definition) is 6. The van der Waals surface area contributed by atoms with Crippen molar-refractivity contribution >= 4 is 0 Å². The molecule has 190 valence electrons. The van der Waals surface area contributed by atoms with E-state index >= 15 is 0 Å². The summed E-state index contributed by atoms with van der Waals surface area (Å²) in [7, 11) is 1.65. The molecule has 0 saturated carbocycles. The van der Waals surface area contributed by atoms with Crippen LogP contribution in [0.3, 0.4) is 0 Å². The van der Waals surface area contributed by atoms with Crippen LogP contribution in [0, 0.1) is 12.7 Å². The van der Waals surface area contributed by atoms with E-state index in [0.29, 0.717) is 37.9 Å². The van der Waals surface area contributed by atoms with E-state index in [1.165, 1.54) is 12.1 Å². The van der Waals surface area contributed by atoms with Gasteiger partial charge in [0.2, 0.25) is 5.88 Å². The first-order valence-electron chi connectivity index (χ1n) is 11.8. The number of ether oxygens (including phenoxy) is 3. The normalized spacial score (nSPS) is 12.8. The van der Waals surface area contributed by atoms with Crippen molar-refractivity contribution < 1.29 is 23.7 Å². The van der Waals surface area contributed by atoms with Gasteiger partial charge in [0.1, 0.15) is 11.6 Å². The van der Waals surface area contributed by atoms with Gasteiger partial charge in [-0.3, -0.25) is 4.90 Å². The standard InChI is InChI=1S/C27H36FN3O4/c1-20-25(18-30(15-16-33-5)17-23(32)19-34-27(2,3)4)26(35-24-13-11-21(28)12-14-24)31(29-20)22-9-7-6-8-10-22/h6-14,23,32H,15-19H2,1-5H3. The molecular formula is C27H36FN3O4. The number of halogens is 1. The van der Waals surface area contributed by atoms with Crippen molar-refractivity contribution in [3.05, 3.63) is 71.7 Å². The fourth-order valence-electron chi connectivity index (χ4n) is 3.56. The predicted molar refractivity (Wildman–Crippen MR) is 134 cm³/mol. The molecule has 0 aliphatic carbocycles. The molecule has 1 heterocycles. The summed E-state index contributed by atoms with van der Waals surface area (Å²) in [5, 5.41) is 15.4. The van der Waals surface area contributed by atoms with Gasteiger partial charge in [-0.15, -0.1) is 0 Å². The number of para-hydroxylation sites is 1. The van der Waals surface area contributed by atoms with E-state index in [-0.39, 0.29) is 18.0 Å². The number of aryl methyl sites for hydroxylation is 1. The Morgan fingerprint density at radius 2 is 1.77 bits per heavy atom. The third-order valence-electron chi connectivity index (χ3n) is 5.34. The first-order chi connectivity index (χ1) is 16.7. The van der Waals surface area contributed by atoms with Crippen LogP contribution in [-0.4, -0.2) is 64.9 Å². The molecule has 1 aromatic heterocycles. The third-order valence-corrected chi connectivity index (χ3v) is 5.34. The van der Waals surface area contributed by atoms with E-state index in [0.717, 1.165) is 16.9 Å². The van der Waals surface area contributed by atoms with Crippen molar-refractivity contribution in [1.29, 1.82) is 0 Å². The summed E-state index contributed by atoms with van der Waals surface area (Å²) in [6.07, 6.45) is -0.669. The number of aliphatic hydroxyl groups excluding tert-OH is 1. The highest BCUT2D eigenvalue weighted by Crippen LogP contribution is 2.31. The molecule has 2 aromatic carbocycles. The van der Waals surface area contributed by atoms with Crippen LogP contribution in [0.25, 0.3) is 5.69 Å². The van der Waals surface area contributed by atoms with Crippen molar-refractivity contribution in [1.82, 2.24) is 14.7 Å². The third kappa shape index (κ3) is 8.14. The molecule has 0 bridgehead atoms.